The van der Waals surface area contributed by atoms with Crippen molar-refractivity contribution in [2.45, 2.75) is 164 Å². The Morgan fingerprint density at radius 2 is 0.536 bits per heavy atom. The van der Waals surface area contributed by atoms with Crippen LogP contribution in [-0.4, -0.2) is 126 Å². The van der Waals surface area contributed by atoms with Crippen molar-refractivity contribution in [3.8, 4) is 11.5 Å². The van der Waals surface area contributed by atoms with Crippen molar-refractivity contribution in [2.75, 3.05) is 33.5 Å². The largest absolute Gasteiger partial charge is 0.497 e. The fourth-order valence-electron chi connectivity index (χ4n) is 13.7. The molecule has 17 heteroatoms. The first-order valence-corrected chi connectivity index (χ1v) is 38.1. The van der Waals surface area contributed by atoms with Gasteiger partial charge in [-0.05, 0) is 87.2 Å². The summed E-state index contributed by atoms with van der Waals surface area (Å²) in [5.74, 6) is 1.17. The highest BCUT2D eigenvalue weighted by Gasteiger charge is 2.58. The monoisotopic (exact) mass is 1490 g/mol. The Morgan fingerprint density at radius 3 is 0.855 bits per heavy atom. The van der Waals surface area contributed by atoms with Gasteiger partial charge >= 0.3 is 0 Å². The normalized spacial score (nSPS) is 24.0. The number of unbranched alkanes of at least 4 members (excludes halogenated alkanes) is 1. The Balaban J connectivity index is 0.948. The highest BCUT2D eigenvalue weighted by atomic mass is 16.8. The minimum Gasteiger partial charge on any atom is -0.497 e. The quantitative estimate of drug-likeness (QED) is 0.0263. The maximum absolute atomic E-state index is 7.93. The molecule has 10 aromatic carbocycles. The second kappa shape index (κ2) is 42.9. The van der Waals surface area contributed by atoms with Crippen LogP contribution in [-0.2, 0) is 131 Å². The number of benzene rings is 10. The minimum atomic E-state index is -1.31. The predicted molar refractivity (Wildman–Crippen MR) is 417 cm³/mol. The molecule has 15 atom stereocenters. The molecule has 3 aliphatic rings. The van der Waals surface area contributed by atoms with Crippen LogP contribution in [0, 0.1) is 0 Å². The van der Waals surface area contributed by atoms with Gasteiger partial charge in [0.25, 0.3) is 0 Å². The van der Waals surface area contributed by atoms with Crippen molar-refractivity contribution in [1.29, 1.82) is 0 Å². The molecule has 3 saturated heterocycles. The number of allylic oxidation sites excluding steroid dienone is 1. The van der Waals surface area contributed by atoms with E-state index in [0.29, 0.717) is 24.5 Å². The molecule has 0 aromatic heterocycles. The van der Waals surface area contributed by atoms with E-state index in [4.69, 9.17) is 80.5 Å². The summed E-state index contributed by atoms with van der Waals surface area (Å²) in [6, 6.07) is 97.5. The molecule has 0 N–H and O–H groups in total. The summed E-state index contributed by atoms with van der Waals surface area (Å²) in [5.41, 5.74) is 8.36. The van der Waals surface area contributed by atoms with E-state index in [1.54, 1.807) is 7.11 Å². The number of methoxy groups -OCH3 is 1. The van der Waals surface area contributed by atoms with Crippen LogP contribution in [0.4, 0.5) is 0 Å². The second-order valence-electron chi connectivity index (χ2n) is 27.5. The van der Waals surface area contributed by atoms with Crippen molar-refractivity contribution in [1.82, 2.24) is 0 Å². The summed E-state index contributed by atoms with van der Waals surface area (Å²) < 4.78 is 123. The molecule has 110 heavy (non-hydrogen) atoms. The van der Waals surface area contributed by atoms with Gasteiger partial charge in [-0.15, -0.1) is 6.58 Å². The summed E-state index contributed by atoms with van der Waals surface area (Å²) in [4.78, 5) is 0. The van der Waals surface area contributed by atoms with Gasteiger partial charge in [-0.1, -0.05) is 279 Å². The van der Waals surface area contributed by atoms with Gasteiger partial charge in [0.05, 0.1) is 93.0 Å². The third-order valence-corrected chi connectivity index (χ3v) is 19.4. The average Bonchev–Trinajstić information content (AvgIpc) is 0.763. The third kappa shape index (κ3) is 23.5. The van der Waals surface area contributed by atoms with Gasteiger partial charge < -0.3 is 80.5 Å². The number of ether oxygens (including phenoxy) is 17. The fourth-order valence-corrected chi connectivity index (χ4v) is 13.7. The van der Waals surface area contributed by atoms with E-state index in [0.717, 1.165) is 56.5 Å². The van der Waals surface area contributed by atoms with Crippen LogP contribution in [0.5, 0.6) is 11.5 Å². The molecule has 0 radical (unpaired) electrons. The lowest BCUT2D eigenvalue weighted by molar-refractivity contribution is -0.393. The van der Waals surface area contributed by atoms with Crippen LogP contribution in [0.3, 0.4) is 0 Å². The standard InChI is InChI=1S/C93H100O17/c1-3-4-32-55-98-91-88(102-62-74-45-26-11-27-46-74)85(100-60-72-41-22-9-23-42-72)83(80(106-91)66-96-57-69-35-16-6-17-36-69)109-92-89(103-63-75-47-28-12-29-48-75)86(101-61-73-43-24-10-25-44-73)84(81(108-92)67-97-58-70-37-18-7-19-38-70)110-93-90(104-64-76-49-30-13-31-50-76)87(105-78-53-51-77(94-2)52-54-78)82(99-59-71-39-20-8-21-40-71)79(107-93)65-95-56-68-33-14-5-15-34-68/h3,5-31,33-54,79-93H,1,4,32,55-67H2,2H3/t79-,80-,81-,82+,83-,84+,85+,86+,87+,88-,89-,90-,91-,92+,93-/m1/s1. The Kier molecular flexibility index (Phi) is 30.9. The summed E-state index contributed by atoms with van der Waals surface area (Å²) in [6.07, 6.45) is -12.1. The summed E-state index contributed by atoms with van der Waals surface area (Å²) in [6.45, 7) is 5.99. The molecule has 17 nitrogen and oxygen atoms in total. The smallest absolute Gasteiger partial charge is 0.188 e. The van der Waals surface area contributed by atoms with Gasteiger partial charge in [0.2, 0.25) is 0 Å². The van der Waals surface area contributed by atoms with Gasteiger partial charge in [-0.3, -0.25) is 0 Å². The molecule has 13 rings (SSSR count). The van der Waals surface area contributed by atoms with E-state index in [1.807, 2.05) is 303 Å². The second-order valence-corrected chi connectivity index (χ2v) is 27.5. The molecular formula is C93H100O17. The number of rotatable bonds is 42. The molecule has 0 unspecified atom stereocenters. The van der Waals surface area contributed by atoms with E-state index in [2.05, 4.69) is 6.58 Å². The summed E-state index contributed by atoms with van der Waals surface area (Å²) in [7, 11) is 1.63. The third-order valence-electron chi connectivity index (χ3n) is 19.4. The number of hydrogen-bond acceptors (Lipinski definition) is 17. The van der Waals surface area contributed by atoms with Crippen LogP contribution in [0.25, 0.3) is 0 Å². The molecular weight excluding hydrogens is 1390 g/mol. The molecule has 10 aromatic rings. The minimum absolute atomic E-state index is 0.0314. The zero-order valence-corrected chi connectivity index (χ0v) is 62.3. The van der Waals surface area contributed by atoms with E-state index in [-0.39, 0.29) is 79.3 Å². The molecule has 0 amide bonds. The Bertz CT molecular complexity index is 4150. The van der Waals surface area contributed by atoms with E-state index in [1.165, 1.54) is 0 Å². The van der Waals surface area contributed by atoms with E-state index >= 15 is 0 Å². The van der Waals surface area contributed by atoms with Crippen molar-refractivity contribution in [3.05, 3.63) is 360 Å². The molecule has 0 aliphatic carbocycles. The first-order chi connectivity index (χ1) is 54.5. The maximum Gasteiger partial charge on any atom is 0.188 e. The van der Waals surface area contributed by atoms with Gasteiger partial charge in [-0.2, -0.15) is 0 Å². The fraction of sp³-hybridized carbons (Fsp3) is 0.333. The van der Waals surface area contributed by atoms with Gasteiger partial charge in [0.1, 0.15) is 78.6 Å². The summed E-state index contributed by atoms with van der Waals surface area (Å²) >= 11 is 0. The zero-order valence-electron chi connectivity index (χ0n) is 62.3. The molecule has 3 aliphatic heterocycles. The van der Waals surface area contributed by atoms with Crippen molar-refractivity contribution >= 4 is 0 Å². The lowest BCUT2D eigenvalue weighted by Crippen LogP contribution is -2.68. The molecule has 574 valence electrons. The van der Waals surface area contributed by atoms with E-state index < -0.39 is 92.1 Å². The first kappa shape index (κ1) is 79.0. The van der Waals surface area contributed by atoms with Gasteiger partial charge in [0.15, 0.2) is 25.0 Å². The Labute approximate surface area is 646 Å². The molecule has 0 bridgehead atoms. The molecule has 0 saturated carbocycles. The van der Waals surface area contributed by atoms with Crippen LogP contribution >= 0.6 is 0 Å². The zero-order chi connectivity index (χ0) is 75.0. The topological polar surface area (TPSA) is 157 Å². The predicted octanol–water partition coefficient (Wildman–Crippen LogP) is 16.5. The van der Waals surface area contributed by atoms with Gasteiger partial charge in [-0.25, -0.2) is 0 Å². The lowest BCUT2D eigenvalue weighted by atomic mass is 9.95. The highest BCUT2D eigenvalue weighted by Crippen LogP contribution is 2.40. The Hall–Kier alpha value is -9.06. The van der Waals surface area contributed by atoms with Crippen LogP contribution in [0.1, 0.15) is 62.9 Å². The summed E-state index contributed by atoms with van der Waals surface area (Å²) in [5, 5.41) is 0. The average molecular weight is 1490 g/mol. The van der Waals surface area contributed by atoms with Gasteiger partial charge in [0, 0.05) is 0 Å². The van der Waals surface area contributed by atoms with Crippen molar-refractivity contribution < 1.29 is 80.5 Å². The van der Waals surface area contributed by atoms with E-state index in [9.17, 15) is 0 Å². The first-order valence-electron chi connectivity index (χ1n) is 38.1. The Morgan fingerprint density at radius 1 is 0.273 bits per heavy atom. The molecule has 3 heterocycles. The van der Waals surface area contributed by atoms with Crippen LogP contribution < -0.4 is 9.47 Å². The SMILES string of the molecule is C=CCCCO[C@@H]1O[C@H](COCc2ccccc2)[C@@H](O[C@@H]2O[C@H](COCc3ccccc3)[C@H](O[C@H]3O[C@H](COCc4ccccc4)[C@H](OCc4ccccc4)[C@H](Oc4ccc(OC)cc4)[C@H]3OCc3ccccc3)[C@H](OCc3ccccc3)[C@H]2OCc2ccccc2)[C@H](OCc2ccccc2)[C@H]1OCc1ccccc1. The highest BCUT2D eigenvalue weighted by molar-refractivity contribution is 5.32. The molecule has 0 spiro atoms. The van der Waals surface area contributed by atoms with Crippen molar-refractivity contribution in [2.24, 2.45) is 0 Å². The van der Waals surface area contributed by atoms with Crippen LogP contribution in [0.2, 0.25) is 0 Å². The maximum atomic E-state index is 7.93. The lowest BCUT2D eigenvalue weighted by Gasteiger charge is -2.51. The molecule has 3 fully saturated rings. The van der Waals surface area contributed by atoms with Crippen molar-refractivity contribution in [3.63, 3.8) is 0 Å². The van der Waals surface area contributed by atoms with Crippen LogP contribution in [0.15, 0.2) is 310 Å². The number of hydrogen-bond donors (Lipinski definition) is 0.